The summed E-state index contributed by atoms with van der Waals surface area (Å²) in [6.07, 6.45) is 1.81. The molecule has 7 nitrogen and oxygen atoms in total. The second-order valence-electron chi connectivity index (χ2n) is 6.51. The van der Waals surface area contributed by atoms with Gasteiger partial charge in [-0.1, -0.05) is 44.2 Å². The van der Waals surface area contributed by atoms with Crippen LogP contribution in [0.1, 0.15) is 25.8 Å². The van der Waals surface area contributed by atoms with Gasteiger partial charge in [-0.3, -0.25) is 10.1 Å². The minimum atomic E-state index is -0.778. The zero-order valence-electron chi connectivity index (χ0n) is 14.3. The van der Waals surface area contributed by atoms with Gasteiger partial charge in [-0.2, -0.15) is 0 Å². The number of nitro groups is 1. The maximum absolute atomic E-state index is 12.5. The zero-order valence-corrected chi connectivity index (χ0v) is 15.9. The van der Waals surface area contributed by atoms with Gasteiger partial charge in [0.2, 0.25) is 5.82 Å². The van der Waals surface area contributed by atoms with Gasteiger partial charge in [-0.25, -0.2) is 9.78 Å². The normalized spacial score (nSPS) is 22.3. The molecule has 1 fully saturated rings. The summed E-state index contributed by atoms with van der Waals surface area (Å²) in [5.74, 6) is -0.358. The quantitative estimate of drug-likeness (QED) is 0.446. The Bertz CT molecular complexity index is 844. The maximum Gasteiger partial charge on any atom is 0.329 e. The highest BCUT2D eigenvalue weighted by molar-refractivity contribution is 9.10. The maximum atomic E-state index is 12.5. The minimum absolute atomic E-state index is 0.0357. The number of rotatable bonds is 5. The van der Waals surface area contributed by atoms with Crippen LogP contribution < -0.4 is 5.32 Å². The summed E-state index contributed by atoms with van der Waals surface area (Å²) in [5.41, 5.74) is -0.0694. The number of cyclic esters (lactones) is 1. The van der Waals surface area contributed by atoms with Crippen molar-refractivity contribution in [1.82, 2.24) is 4.98 Å². The SMILES string of the molecule is CC(C)C1(c2ccccc2)CC(Nc2ncc(Br)cc2[N+](=O)[O-])C(=O)O1. The third-order valence-corrected chi connectivity index (χ3v) is 5.05. The lowest BCUT2D eigenvalue weighted by Crippen LogP contribution is -2.32. The first-order valence-electron chi connectivity index (χ1n) is 8.18. The standard InChI is InChI=1S/C18H18BrN3O4/c1-11(2)18(12-6-4-3-5-7-12)9-14(17(23)26-18)21-16-15(22(24)25)8-13(19)10-20-16/h3-8,10-11,14H,9H2,1-2H3,(H,20,21). The Morgan fingerprint density at radius 2 is 2.08 bits per heavy atom. The Labute approximate surface area is 159 Å². The van der Waals surface area contributed by atoms with Crippen molar-refractivity contribution in [1.29, 1.82) is 0 Å². The van der Waals surface area contributed by atoms with Crippen LogP contribution in [0.15, 0.2) is 47.1 Å². The van der Waals surface area contributed by atoms with Crippen molar-refractivity contribution in [3.05, 3.63) is 62.7 Å². The first-order valence-corrected chi connectivity index (χ1v) is 8.97. The number of nitrogens with one attached hydrogen (secondary N) is 1. The van der Waals surface area contributed by atoms with Crippen molar-refractivity contribution < 1.29 is 14.5 Å². The van der Waals surface area contributed by atoms with Crippen molar-refractivity contribution in [2.24, 2.45) is 5.92 Å². The highest BCUT2D eigenvalue weighted by Gasteiger charge is 2.50. The van der Waals surface area contributed by atoms with Gasteiger partial charge in [0, 0.05) is 23.2 Å². The molecule has 26 heavy (non-hydrogen) atoms. The Morgan fingerprint density at radius 1 is 1.38 bits per heavy atom. The number of carbonyl (C=O) groups is 1. The molecule has 1 aromatic carbocycles. The molecule has 1 aliphatic rings. The van der Waals surface area contributed by atoms with Crippen LogP contribution >= 0.6 is 15.9 Å². The number of ether oxygens (including phenoxy) is 1. The summed E-state index contributed by atoms with van der Waals surface area (Å²) in [5, 5.41) is 14.2. The monoisotopic (exact) mass is 419 g/mol. The van der Waals surface area contributed by atoms with E-state index in [-0.39, 0.29) is 17.4 Å². The number of hydrogen-bond donors (Lipinski definition) is 1. The molecule has 1 aliphatic heterocycles. The second-order valence-corrected chi connectivity index (χ2v) is 7.43. The summed E-state index contributed by atoms with van der Waals surface area (Å²) in [6, 6.07) is 10.2. The molecule has 2 unspecified atom stereocenters. The second kappa shape index (κ2) is 7.03. The van der Waals surface area contributed by atoms with Crippen LogP contribution in [0.2, 0.25) is 0 Å². The van der Waals surface area contributed by atoms with Gasteiger partial charge in [0.15, 0.2) is 0 Å². The van der Waals surface area contributed by atoms with E-state index in [0.717, 1.165) is 5.56 Å². The molecular weight excluding hydrogens is 402 g/mol. The Balaban J connectivity index is 1.92. The van der Waals surface area contributed by atoms with Crippen molar-refractivity contribution in [3.8, 4) is 0 Å². The number of carbonyl (C=O) groups excluding carboxylic acids is 1. The number of pyridine rings is 1. The molecule has 2 heterocycles. The summed E-state index contributed by atoms with van der Waals surface area (Å²) in [4.78, 5) is 27.3. The van der Waals surface area contributed by atoms with E-state index in [1.807, 2.05) is 44.2 Å². The van der Waals surface area contributed by atoms with Crippen LogP contribution in [0.4, 0.5) is 11.5 Å². The molecule has 1 aromatic heterocycles. The van der Waals surface area contributed by atoms with E-state index in [2.05, 4.69) is 26.2 Å². The summed E-state index contributed by atoms with van der Waals surface area (Å²) >= 11 is 3.17. The van der Waals surface area contributed by atoms with Crippen LogP contribution in [-0.4, -0.2) is 21.9 Å². The molecule has 0 spiro atoms. The Morgan fingerprint density at radius 3 is 2.69 bits per heavy atom. The van der Waals surface area contributed by atoms with Crippen molar-refractivity contribution >= 4 is 33.4 Å². The summed E-state index contributed by atoms with van der Waals surface area (Å²) in [6.45, 7) is 3.98. The third kappa shape index (κ3) is 3.29. The van der Waals surface area contributed by atoms with E-state index >= 15 is 0 Å². The molecule has 0 bridgehead atoms. The molecule has 1 N–H and O–H groups in total. The number of hydrogen-bond acceptors (Lipinski definition) is 6. The Kier molecular flexibility index (Phi) is 4.95. The van der Waals surface area contributed by atoms with E-state index in [1.165, 1.54) is 12.3 Å². The molecule has 1 saturated heterocycles. The smallest absolute Gasteiger partial charge is 0.329 e. The van der Waals surface area contributed by atoms with Crippen LogP contribution in [-0.2, 0) is 15.1 Å². The molecule has 2 aromatic rings. The van der Waals surface area contributed by atoms with Crippen molar-refractivity contribution in [2.45, 2.75) is 31.9 Å². The van der Waals surface area contributed by atoms with Gasteiger partial charge in [0.05, 0.1) is 4.92 Å². The van der Waals surface area contributed by atoms with Gasteiger partial charge in [-0.05, 0) is 27.4 Å². The number of nitrogens with zero attached hydrogens (tertiary/aromatic N) is 2. The van der Waals surface area contributed by atoms with E-state index in [1.54, 1.807) is 0 Å². The lowest BCUT2D eigenvalue weighted by Gasteiger charge is -2.32. The lowest BCUT2D eigenvalue weighted by atomic mass is 9.80. The molecule has 136 valence electrons. The lowest BCUT2D eigenvalue weighted by molar-refractivity contribution is -0.384. The fourth-order valence-corrected chi connectivity index (χ4v) is 3.54. The third-order valence-electron chi connectivity index (χ3n) is 4.61. The van der Waals surface area contributed by atoms with Gasteiger partial charge in [0.25, 0.3) is 0 Å². The van der Waals surface area contributed by atoms with Crippen LogP contribution in [0.25, 0.3) is 0 Å². The van der Waals surface area contributed by atoms with E-state index in [0.29, 0.717) is 10.9 Å². The molecule has 0 amide bonds. The molecule has 2 atom stereocenters. The average molecular weight is 420 g/mol. The highest BCUT2D eigenvalue weighted by atomic mass is 79.9. The average Bonchev–Trinajstić information content (AvgIpc) is 2.95. The number of anilines is 1. The summed E-state index contributed by atoms with van der Waals surface area (Å²) in [7, 11) is 0. The molecule has 3 rings (SSSR count). The predicted molar refractivity (Wildman–Crippen MR) is 99.7 cm³/mol. The molecule has 0 saturated carbocycles. The fraction of sp³-hybridized carbons (Fsp3) is 0.333. The number of benzene rings is 1. The van der Waals surface area contributed by atoms with E-state index in [9.17, 15) is 14.9 Å². The number of esters is 1. The molecule has 0 aliphatic carbocycles. The Hall–Kier alpha value is -2.48. The molecular formula is C18H18BrN3O4. The fourth-order valence-electron chi connectivity index (χ4n) is 3.22. The van der Waals surface area contributed by atoms with Gasteiger partial charge >= 0.3 is 11.7 Å². The first kappa shape index (κ1) is 18.3. The van der Waals surface area contributed by atoms with Gasteiger partial charge < -0.3 is 10.1 Å². The topological polar surface area (TPSA) is 94.4 Å². The van der Waals surface area contributed by atoms with Crippen molar-refractivity contribution in [3.63, 3.8) is 0 Å². The van der Waals surface area contributed by atoms with Gasteiger partial charge in [-0.15, -0.1) is 0 Å². The van der Waals surface area contributed by atoms with Crippen LogP contribution in [0.5, 0.6) is 0 Å². The van der Waals surface area contributed by atoms with Crippen LogP contribution in [0.3, 0.4) is 0 Å². The van der Waals surface area contributed by atoms with E-state index < -0.39 is 22.5 Å². The zero-order chi connectivity index (χ0) is 18.9. The first-order chi connectivity index (χ1) is 12.3. The van der Waals surface area contributed by atoms with Crippen LogP contribution in [0, 0.1) is 16.0 Å². The molecule has 0 radical (unpaired) electrons. The predicted octanol–water partition coefficient (Wildman–Crippen LogP) is 4.03. The highest BCUT2D eigenvalue weighted by Crippen LogP contribution is 2.44. The van der Waals surface area contributed by atoms with Gasteiger partial charge in [0.1, 0.15) is 11.6 Å². The number of aromatic nitrogens is 1. The number of halogens is 1. The van der Waals surface area contributed by atoms with E-state index in [4.69, 9.17) is 4.74 Å². The molecule has 8 heteroatoms. The summed E-state index contributed by atoms with van der Waals surface area (Å²) < 4.78 is 6.29. The minimum Gasteiger partial charge on any atom is -0.452 e. The van der Waals surface area contributed by atoms with Crippen molar-refractivity contribution in [2.75, 3.05) is 5.32 Å². The largest absolute Gasteiger partial charge is 0.452 e.